The first-order valence-electron chi connectivity index (χ1n) is 5.67. The average Bonchev–Trinajstić information content (AvgIpc) is 2.34. The molecule has 0 aromatic rings. The fourth-order valence-electron chi connectivity index (χ4n) is 1.70. The van der Waals surface area contributed by atoms with E-state index < -0.39 is 0 Å². The quantitative estimate of drug-likeness (QED) is 0.260. The second kappa shape index (κ2) is 8.35. The van der Waals surface area contributed by atoms with E-state index in [4.69, 9.17) is 5.84 Å². The summed E-state index contributed by atoms with van der Waals surface area (Å²) in [5.41, 5.74) is 2.40. The summed E-state index contributed by atoms with van der Waals surface area (Å²) in [5.74, 6) is 5.98. The number of hydrogen-bond donors (Lipinski definition) is 2. The van der Waals surface area contributed by atoms with E-state index in [-0.39, 0.29) is 0 Å². The molecule has 1 aliphatic carbocycles. The van der Waals surface area contributed by atoms with Crippen LogP contribution >= 0.6 is 11.8 Å². The molecule has 1 fully saturated rings. The summed E-state index contributed by atoms with van der Waals surface area (Å²) in [5, 5.41) is 0.796. The highest BCUT2D eigenvalue weighted by Crippen LogP contribution is 2.21. The van der Waals surface area contributed by atoms with Crippen molar-refractivity contribution >= 4 is 23.3 Å². The predicted octanol–water partition coefficient (Wildman–Crippen LogP) is 2.09. The molecule has 0 heterocycles. The van der Waals surface area contributed by atoms with Gasteiger partial charge in [-0.3, -0.25) is 4.99 Å². The lowest BCUT2D eigenvalue weighted by molar-refractivity contribution is 0.444. The highest BCUT2D eigenvalue weighted by molar-refractivity contribution is 8.14. The van der Waals surface area contributed by atoms with Crippen molar-refractivity contribution in [1.29, 1.82) is 0 Å². The molecule has 0 aromatic heterocycles. The number of nitrogens with one attached hydrogen (secondary N) is 1. The van der Waals surface area contributed by atoms with Crippen LogP contribution in [0.25, 0.3) is 0 Å². The lowest BCUT2D eigenvalue weighted by Gasteiger charge is -2.17. The summed E-state index contributed by atoms with van der Waals surface area (Å²) in [7, 11) is 0. The summed E-state index contributed by atoms with van der Waals surface area (Å²) >= 11 is 1.59. The van der Waals surface area contributed by atoms with Gasteiger partial charge in [-0.2, -0.15) is 0 Å². The Labute approximate surface area is 101 Å². The smallest absolute Gasteiger partial charge is 0.184 e. The average molecular weight is 240 g/mol. The van der Waals surface area contributed by atoms with Gasteiger partial charge in [-0.15, -0.1) is 6.58 Å². The largest absolute Gasteiger partial charge is 0.315 e. The standard InChI is InChI=1S/C11H20N4S/c1-2-8-16-11(13-9-14-12)15-10-6-4-3-5-7-10/h2,9-10H,1,3-8,12H2,(H,13,14,15). The second-order valence-corrected chi connectivity index (χ2v) is 4.72. The maximum absolute atomic E-state index is 5.15. The third-order valence-electron chi connectivity index (χ3n) is 2.45. The molecule has 1 aliphatic rings. The normalized spacial score (nSPS) is 18.9. The van der Waals surface area contributed by atoms with Crippen molar-refractivity contribution in [3.8, 4) is 0 Å². The van der Waals surface area contributed by atoms with Gasteiger partial charge in [0.2, 0.25) is 0 Å². The number of amidine groups is 1. The van der Waals surface area contributed by atoms with E-state index in [2.05, 4.69) is 22.0 Å². The minimum absolute atomic E-state index is 0.441. The van der Waals surface area contributed by atoms with Gasteiger partial charge in [0, 0.05) is 5.75 Å². The SMILES string of the molecule is C=CCSC(=NC1CCCCC1)/N=C/NN. The molecule has 0 bridgehead atoms. The summed E-state index contributed by atoms with van der Waals surface area (Å²) < 4.78 is 0. The molecule has 0 saturated heterocycles. The van der Waals surface area contributed by atoms with Gasteiger partial charge in [0.25, 0.3) is 0 Å². The minimum atomic E-state index is 0.441. The van der Waals surface area contributed by atoms with Crippen LogP contribution in [0, 0.1) is 0 Å². The number of hydrazine groups is 1. The van der Waals surface area contributed by atoms with Crippen LogP contribution in [0.4, 0.5) is 0 Å². The van der Waals surface area contributed by atoms with Gasteiger partial charge in [-0.1, -0.05) is 37.1 Å². The summed E-state index contributed by atoms with van der Waals surface area (Å²) in [4.78, 5) is 8.83. The molecule has 1 rings (SSSR count). The number of aliphatic imine (C=N–C) groups is 2. The number of thioether (sulfide) groups is 1. The topological polar surface area (TPSA) is 62.8 Å². The monoisotopic (exact) mass is 240 g/mol. The summed E-state index contributed by atoms with van der Waals surface area (Å²) in [6, 6.07) is 0.441. The van der Waals surface area contributed by atoms with Gasteiger partial charge in [0.05, 0.1) is 6.04 Å². The van der Waals surface area contributed by atoms with E-state index in [1.54, 1.807) is 11.8 Å². The third kappa shape index (κ3) is 5.32. The van der Waals surface area contributed by atoms with Gasteiger partial charge >= 0.3 is 0 Å². The Balaban J connectivity index is 2.53. The van der Waals surface area contributed by atoms with Crippen LogP contribution < -0.4 is 11.3 Å². The molecule has 0 aliphatic heterocycles. The van der Waals surface area contributed by atoms with Crippen molar-refractivity contribution in [3.05, 3.63) is 12.7 Å². The molecular weight excluding hydrogens is 220 g/mol. The first-order chi connectivity index (χ1) is 7.86. The molecular formula is C11H20N4S. The Morgan fingerprint density at radius 2 is 2.19 bits per heavy atom. The Bertz CT molecular complexity index is 257. The lowest BCUT2D eigenvalue weighted by Crippen LogP contribution is -2.20. The van der Waals surface area contributed by atoms with Crippen molar-refractivity contribution in [1.82, 2.24) is 5.43 Å². The summed E-state index contributed by atoms with van der Waals surface area (Å²) in [6.45, 7) is 3.69. The highest BCUT2D eigenvalue weighted by atomic mass is 32.2. The molecule has 0 spiro atoms. The zero-order valence-electron chi connectivity index (χ0n) is 9.56. The molecule has 3 N–H and O–H groups in total. The van der Waals surface area contributed by atoms with Gasteiger partial charge in [0.1, 0.15) is 6.34 Å². The zero-order valence-corrected chi connectivity index (χ0v) is 10.4. The number of hydrogen-bond acceptors (Lipinski definition) is 3. The molecule has 0 aromatic carbocycles. The predicted molar refractivity (Wildman–Crippen MR) is 72.8 cm³/mol. The van der Waals surface area contributed by atoms with Gasteiger partial charge < -0.3 is 5.43 Å². The van der Waals surface area contributed by atoms with Crippen molar-refractivity contribution < 1.29 is 0 Å². The molecule has 90 valence electrons. The van der Waals surface area contributed by atoms with Crippen molar-refractivity contribution in [2.45, 2.75) is 38.1 Å². The number of nitrogens with two attached hydrogens (primary N) is 1. The molecule has 0 unspecified atom stereocenters. The van der Waals surface area contributed by atoms with Crippen LogP contribution in [0.15, 0.2) is 22.6 Å². The van der Waals surface area contributed by atoms with Crippen LogP contribution in [0.1, 0.15) is 32.1 Å². The van der Waals surface area contributed by atoms with Crippen LogP contribution in [0.2, 0.25) is 0 Å². The summed E-state index contributed by atoms with van der Waals surface area (Å²) in [6.07, 6.45) is 9.60. The van der Waals surface area contributed by atoms with Crippen molar-refractivity contribution in [2.24, 2.45) is 15.8 Å². The molecule has 0 atom stereocenters. The van der Waals surface area contributed by atoms with Crippen LogP contribution in [-0.2, 0) is 0 Å². The van der Waals surface area contributed by atoms with E-state index >= 15 is 0 Å². The van der Waals surface area contributed by atoms with E-state index in [9.17, 15) is 0 Å². The maximum Gasteiger partial charge on any atom is 0.184 e. The third-order valence-corrected chi connectivity index (χ3v) is 3.32. The molecule has 0 radical (unpaired) electrons. The van der Waals surface area contributed by atoms with Crippen LogP contribution in [0.5, 0.6) is 0 Å². The van der Waals surface area contributed by atoms with E-state index in [1.165, 1.54) is 38.4 Å². The van der Waals surface area contributed by atoms with Crippen LogP contribution in [0.3, 0.4) is 0 Å². The van der Waals surface area contributed by atoms with Gasteiger partial charge in [-0.25, -0.2) is 10.8 Å². The van der Waals surface area contributed by atoms with Crippen LogP contribution in [-0.4, -0.2) is 23.3 Å². The minimum Gasteiger partial charge on any atom is -0.315 e. The molecule has 4 nitrogen and oxygen atoms in total. The van der Waals surface area contributed by atoms with Gasteiger partial charge in [0.15, 0.2) is 5.17 Å². The lowest BCUT2D eigenvalue weighted by atomic mass is 9.96. The Morgan fingerprint density at radius 1 is 1.44 bits per heavy atom. The highest BCUT2D eigenvalue weighted by Gasteiger charge is 2.12. The van der Waals surface area contributed by atoms with Crippen molar-refractivity contribution in [2.75, 3.05) is 5.75 Å². The van der Waals surface area contributed by atoms with E-state index in [0.717, 1.165) is 10.9 Å². The zero-order chi connectivity index (χ0) is 11.6. The number of rotatable bonds is 4. The fourth-order valence-corrected chi connectivity index (χ4v) is 2.32. The fraction of sp³-hybridized carbons (Fsp3) is 0.636. The Hall–Kier alpha value is -0.810. The molecule has 0 amide bonds. The second-order valence-electron chi connectivity index (χ2n) is 3.73. The number of nitrogens with zero attached hydrogens (tertiary/aromatic N) is 2. The van der Waals surface area contributed by atoms with E-state index in [0.29, 0.717) is 6.04 Å². The van der Waals surface area contributed by atoms with Gasteiger partial charge in [-0.05, 0) is 12.8 Å². The molecule has 1 saturated carbocycles. The Kier molecular flexibility index (Phi) is 6.92. The first-order valence-corrected chi connectivity index (χ1v) is 6.65. The Morgan fingerprint density at radius 3 is 2.81 bits per heavy atom. The first kappa shape index (κ1) is 13.3. The molecule has 16 heavy (non-hydrogen) atoms. The van der Waals surface area contributed by atoms with E-state index in [1.807, 2.05) is 6.08 Å². The maximum atomic E-state index is 5.15. The van der Waals surface area contributed by atoms with Crippen molar-refractivity contribution in [3.63, 3.8) is 0 Å². The molecule has 5 heteroatoms.